The normalized spacial score (nSPS) is 24.6. The Morgan fingerprint density at radius 3 is 2.67 bits per heavy atom. The van der Waals surface area contributed by atoms with Gasteiger partial charge in [0, 0.05) is 6.42 Å². The molecule has 0 bridgehead atoms. The summed E-state index contributed by atoms with van der Waals surface area (Å²) >= 11 is 0. The van der Waals surface area contributed by atoms with Gasteiger partial charge in [-0.3, -0.25) is 4.79 Å². The van der Waals surface area contributed by atoms with Crippen LogP contribution in [0.2, 0.25) is 0 Å². The summed E-state index contributed by atoms with van der Waals surface area (Å²) in [6, 6.07) is 7.53. The minimum Gasteiger partial charge on any atom is -0.490 e. The van der Waals surface area contributed by atoms with Gasteiger partial charge in [0.15, 0.2) is 11.5 Å². The smallest absolute Gasteiger partial charge is 0.326 e. The van der Waals surface area contributed by atoms with E-state index in [1.807, 2.05) is 31.2 Å². The lowest BCUT2D eigenvalue weighted by molar-refractivity contribution is -0.149. The minimum absolute atomic E-state index is 0.0963. The number of carbonyl (C=O) groups is 1. The van der Waals surface area contributed by atoms with Crippen LogP contribution in [-0.2, 0) is 9.53 Å². The standard InChI is InChI=1S/C16H23NO4/c1-3-19-13-7-5-6-8-14(13)21-12-9-10-16(17,11-12)15(18)20-4-2/h5-8,12H,3-4,9-11,17H2,1-2H3. The number of hydrogen-bond donors (Lipinski definition) is 1. The molecule has 116 valence electrons. The van der Waals surface area contributed by atoms with E-state index in [1.54, 1.807) is 6.92 Å². The van der Waals surface area contributed by atoms with Crippen LogP contribution in [0.1, 0.15) is 33.1 Å². The quantitative estimate of drug-likeness (QED) is 0.815. The molecule has 2 N–H and O–H groups in total. The molecule has 0 radical (unpaired) electrons. The zero-order valence-electron chi connectivity index (χ0n) is 12.6. The average Bonchev–Trinajstić information content (AvgIpc) is 2.84. The highest BCUT2D eigenvalue weighted by molar-refractivity contribution is 5.81. The Bertz CT molecular complexity index is 491. The van der Waals surface area contributed by atoms with E-state index in [2.05, 4.69) is 0 Å². The molecule has 0 amide bonds. The lowest BCUT2D eigenvalue weighted by atomic mass is 9.99. The number of nitrogens with two attached hydrogens (primary N) is 1. The first-order chi connectivity index (χ1) is 10.1. The van der Waals surface area contributed by atoms with Gasteiger partial charge in [-0.05, 0) is 38.8 Å². The predicted octanol–water partition coefficient (Wildman–Crippen LogP) is 2.28. The Labute approximate surface area is 125 Å². The predicted molar refractivity (Wildman–Crippen MR) is 79.4 cm³/mol. The maximum absolute atomic E-state index is 11.9. The molecule has 5 heteroatoms. The molecule has 1 fully saturated rings. The second-order valence-electron chi connectivity index (χ2n) is 5.24. The second-order valence-corrected chi connectivity index (χ2v) is 5.24. The fourth-order valence-corrected chi connectivity index (χ4v) is 2.59. The maximum Gasteiger partial charge on any atom is 0.326 e. The molecular formula is C16H23NO4. The van der Waals surface area contributed by atoms with Crippen LogP contribution in [0.3, 0.4) is 0 Å². The van der Waals surface area contributed by atoms with Crippen molar-refractivity contribution in [2.24, 2.45) is 5.73 Å². The Balaban J connectivity index is 2.01. The SMILES string of the molecule is CCOC(=O)C1(N)CCC(Oc2ccccc2OCC)C1. The molecule has 2 atom stereocenters. The number of ether oxygens (including phenoxy) is 3. The highest BCUT2D eigenvalue weighted by Gasteiger charge is 2.44. The highest BCUT2D eigenvalue weighted by Crippen LogP contribution is 2.35. The van der Waals surface area contributed by atoms with Gasteiger partial charge in [-0.2, -0.15) is 0 Å². The van der Waals surface area contributed by atoms with Gasteiger partial charge >= 0.3 is 5.97 Å². The van der Waals surface area contributed by atoms with Crippen molar-refractivity contribution in [1.82, 2.24) is 0 Å². The van der Waals surface area contributed by atoms with Gasteiger partial charge in [0.05, 0.1) is 13.2 Å². The molecule has 0 aromatic heterocycles. The van der Waals surface area contributed by atoms with Gasteiger partial charge in [0.25, 0.3) is 0 Å². The lowest BCUT2D eigenvalue weighted by Gasteiger charge is -2.22. The molecule has 0 saturated heterocycles. The van der Waals surface area contributed by atoms with E-state index in [-0.39, 0.29) is 12.1 Å². The molecule has 0 aliphatic heterocycles. The Morgan fingerprint density at radius 2 is 2.00 bits per heavy atom. The van der Waals surface area contributed by atoms with Crippen LogP contribution in [0.15, 0.2) is 24.3 Å². The number of para-hydroxylation sites is 2. The van der Waals surface area contributed by atoms with Crippen molar-refractivity contribution in [2.75, 3.05) is 13.2 Å². The van der Waals surface area contributed by atoms with Crippen molar-refractivity contribution in [2.45, 2.75) is 44.8 Å². The van der Waals surface area contributed by atoms with Gasteiger partial charge in [-0.25, -0.2) is 0 Å². The van der Waals surface area contributed by atoms with Crippen molar-refractivity contribution in [3.05, 3.63) is 24.3 Å². The maximum atomic E-state index is 11.9. The van der Waals surface area contributed by atoms with Crippen molar-refractivity contribution < 1.29 is 19.0 Å². The summed E-state index contributed by atoms with van der Waals surface area (Å²) in [5, 5.41) is 0. The van der Waals surface area contributed by atoms with Crippen molar-refractivity contribution in [3.63, 3.8) is 0 Å². The number of hydrogen-bond acceptors (Lipinski definition) is 5. The number of benzene rings is 1. The lowest BCUT2D eigenvalue weighted by Crippen LogP contribution is -2.47. The molecule has 1 aromatic rings. The summed E-state index contributed by atoms with van der Waals surface area (Å²) < 4.78 is 16.6. The largest absolute Gasteiger partial charge is 0.490 e. The number of esters is 1. The molecule has 1 saturated carbocycles. The average molecular weight is 293 g/mol. The second kappa shape index (κ2) is 6.80. The number of rotatable bonds is 6. The molecule has 1 aromatic carbocycles. The van der Waals surface area contributed by atoms with E-state index in [9.17, 15) is 4.79 Å². The summed E-state index contributed by atoms with van der Waals surface area (Å²) in [6.07, 6.45) is 1.68. The summed E-state index contributed by atoms with van der Waals surface area (Å²) in [4.78, 5) is 11.9. The number of carbonyl (C=O) groups excluding carboxylic acids is 1. The van der Waals surface area contributed by atoms with Gasteiger partial charge < -0.3 is 19.9 Å². The van der Waals surface area contributed by atoms with Crippen LogP contribution in [0.5, 0.6) is 11.5 Å². The van der Waals surface area contributed by atoms with Gasteiger partial charge in [0.1, 0.15) is 11.6 Å². The summed E-state index contributed by atoms with van der Waals surface area (Å²) in [7, 11) is 0. The topological polar surface area (TPSA) is 70.8 Å². The minimum atomic E-state index is -0.929. The molecule has 1 aliphatic rings. The highest BCUT2D eigenvalue weighted by atomic mass is 16.5. The third-order valence-electron chi connectivity index (χ3n) is 3.63. The van der Waals surface area contributed by atoms with Crippen molar-refractivity contribution in [1.29, 1.82) is 0 Å². The van der Waals surface area contributed by atoms with Gasteiger partial charge in [-0.15, -0.1) is 0 Å². The third-order valence-corrected chi connectivity index (χ3v) is 3.63. The molecule has 2 rings (SSSR count). The van der Waals surface area contributed by atoms with Crippen LogP contribution < -0.4 is 15.2 Å². The van der Waals surface area contributed by atoms with E-state index >= 15 is 0 Å². The third kappa shape index (κ3) is 3.67. The monoisotopic (exact) mass is 293 g/mol. The first kappa shape index (κ1) is 15.6. The van der Waals surface area contributed by atoms with Crippen molar-refractivity contribution in [3.8, 4) is 11.5 Å². The molecule has 0 heterocycles. The fraction of sp³-hybridized carbons (Fsp3) is 0.562. The van der Waals surface area contributed by atoms with E-state index in [0.29, 0.717) is 37.6 Å². The Kier molecular flexibility index (Phi) is 5.07. The van der Waals surface area contributed by atoms with E-state index in [1.165, 1.54) is 0 Å². The molecule has 1 aliphatic carbocycles. The summed E-state index contributed by atoms with van der Waals surface area (Å²) in [5.41, 5.74) is 5.21. The Hall–Kier alpha value is -1.75. The first-order valence-electron chi connectivity index (χ1n) is 7.43. The summed E-state index contributed by atoms with van der Waals surface area (Å²) in [6.45, 7) is 4.63. The van der Waals surface area contributed by atoms with Crippen LogP contribution in [0, 0.1) is 0 Å². The molecule has 5 nitrogen and oxygen atoms in total. The van der Waals surface area contributed by atoms with E-state index in [4.69, 9.17) is 19.9 Å². The van der Waals surface area contributed by atoms with Crippen LogP contribution in [0.25, 0.3) is 0 Å². The summed E-state index contributed by atoms with van der Waals surface area (Å²) in [5.74, 6) is 1.07. The Morgan fingerprint density at radius 1 is 1.29 bits per heavy atom. The van der Waals surface area contributed by atoms with E-state index in [0.717, 1.165) is 6.42 Å². The zero-order valence-corrected chi connectivity index (χ0v) is 12.6. The first-order valence-corrected chi connectivity index (χ1v) is 7.43. The van der Waals surface area contributed by atoms with Crippen molar-refractivity contribution >= 4 is 5.97 Å². The van der Waals surface area contributed by atoms with Crippen LogP contribution in [-0.4, -0.2) is 30.8 Å². The molecule has 21 heavy (non-hydrogen) atoms. The van der Waals surface area contributed by atoms with Crippen LogP contribution >= 0.6 is 0 Å². The zero-order chi connectivity index (χ0) is 15.3. The fourth-order valence-electron chi connectivity index (χ4n) is 2.59. The molecule has 2 unspecified atom stereocenters. The van der Waals surface area contributed by atoms with Crippen LogP contribution in [0.4, 0.5) is 0 Å². The van der Waals surface area contributed by atoms with Gasteiger partial charge in [-0.1, -0.05) is 12.1 Å². The molecule has 0 spiro atoms. The van der Waals surface area contributed by atoms with Gasteiger partial charge in [0.2, 0.25) is 0 Å². The molecular weight excluding hydrogens is 270 g/mol. The van der Waals surface area contributed by atoms with E-state index < -0.39 is 5.54 Å².